The van der Waals surface area contributed by atoms with Crippen LogP contribution in [0.1, 0.15) is 20.3 Å². The van der Waals surface area contributed by atoms with Crippen molar-refractivity contribution in [3.8, 4) is 0 Å². The standard InChI is InChI=1S/C9H15NO/c1-3-4-9-7-10(11)6-5-8(9)2/h3-4,11H,5-7H2,1-2H3/b4-3-. The number of nitrogens with zero attached hydrogens (tertiary/aromatic N) is 1. The molecule has 0 bridgehead atoms. The van der Waals surface area contributed by atoms with Crippen LogP contribution in [0.15, 0.2) is 23.3 Å². The van der Waals surface area contributed by atoms with Gasteiger partial charge in [0.15, 0.2) is 0 Å². The number of hydrogen-bond donors (Lipinski definition) is 1. The molecule has 1 aliphatic heterocycles. The van der Waals surface area contributed by atoms with Crippen LogP contribution in [0.25, 0.3) is 0 Å². The Morgan fingerprint density at radius 1 is 1.55 bits per heavy atom. The molecule has 0 amide bonds. The first-order chi connectivity index (χ1) is 5.24. The summed E-state index contributed by atoms with van der Waals surface area (Å²) >= 11 is 0. The van der Waals surface area contributed by atoms with Crippen molar-refractivity contribution in [3.63, 3.8) is 0 Å². The lowest BCUT2D eigenvalue weighted by atomic mass is 10.0. The fourth-order valence-corrected chi connectivity index (χ4v) is 1.26. The Balaban J connectivity index is 2.71. The third-order valence-corrected chi connectivity index (χ3v) is 2.01. The predicted octanol–water partition coefficient (Wildman–Crippen LogP) is 1.97. The van der Waals surface area contributed by atoms with E-state index < -0.39 is 0 Å². The summed E-state index contributed by atoms with van der Waals surface area (Å²) in [5.41, 5.74) is 2.65. The molecule has 1 aliphatic rings. The first kappa shape index (κ1) is 8.50. The summed E-state index contributed by atoms with van der Waals surface area (Å²) in [6.45, 7) is 5.57. The van der Waals surface area contributed by atoms with Crippen molar-refractivity contribution in [1.82, 2.24) is 5.06 Å². The van der Waals surface area contributed by atoms with Gasteiger partial charge in [-0.25, -0.2) is 0 Å². The van der Waals surface area contributed by atoms with Crippen molar-refractivity contribution in [2.45, 2.75) is 20.3 Å². The van der Waals surface area contributed by atoms with Gasteiger partial charge in [0.1, 0.15) is 0 Å². The summed E-state index contributed by atoms with van der Waals surface area (Å²) in [5.74, 6) is 0. The second-order valence-corrected chi connectivity index (χ2v) is 2.94. The van der Waals surface area contributed by atoms with Gasteiger partial charge in [-0.05, 0) is 25.8 Å². The molecule has 0 radical (unpaired) electrons. The van der Waals surface area contributed by atoms with Crippen LogP contribution in [-0.4, -0.2) is 23.4 Å². The Bertz CT molecular complexity index is 194. The quantitative estimate of drug-likeness (QED) is 0.622. The Labute approximate surface area is 67.8 Å². The molecular formula is C9H15NO. The van der Waals surface area contributed by atoms with Crippen LogP contribution in [-0.2, 0) is 0 Å². The van der Waals surface area contributed by atoms with E-state index in [4.69, 9.17) is 0 Å². The zero-order valence-corrected chi connectivity index (χ0v) is 7.17. The minimum Gasteiger partial charge on any atom is -0.314 e. The number of hydroxylamine groups is 2. The van der Waals surface area contributed by atoms with Gasteiger partial charge >= 0.3 is 0 Å². The molecule has 0 aromatic carbocycles. The molecule has 0 aromatic heterocycles. The van der Waals surface area contributed by atoms with Gasteiger partial charge < -0.3 is 5.21 Å². The molecular weight excluding hydrogens is 138 g/mol. The second kappa shape index (κ2) is 3.69. The Morgan fingerprint density at radius 2 is 2.27 bits per heavy atom. The summed E-state index contributed by atoms with van der Waals surface area (Å²) in [6, 6.07) is 0. The Morgan fingerprint density at radius 3 is 2.91 bits per heavy atom. The van der Waals surface area contributed by atoms with Gasteiger partial charge in [-0.15, -0.1) is 0 Å². The summed E-state index contributed by atoms with van der Waals surface area (Å²) in [4.78, 5) is 0. The van der Waals surface area contributed by atoms with Gasteiger partial charge in [-0.3, -0.25) is 0 Å². The minimum atomic E-state index is 0.677. The molecule has 62 valence electrons. The molecule has 0 aliphatic carbocycles. The van der Waals surface area contributed by atoms with E-state index in [1.165, 1.54) is 16.2 Å². The lowest BCUT2D eigenvalue weighted by molar-refractivity contribution is -0.0847. The zero-order chi connectivity index (χ0) is 8.27. The van der Waals surface area contributed by atoms with Crippen LogP contribution in [0.2, 0.25) is 0 Å². The molecule has 0 spiro atoms. The lowest BCUT2D eigenvalue weighted by Gasteiger charge is -2.22. The van der Waals surface area contributed by atoms with Crippen molar-refractivity contribution in [1.29, 1.82) is 0 Å². The molecule has 0 saturated carbocycles. The average molecular weight is 153 g/mol. The van der Waals surface area contributed by atoms with Crippen molar-refractivity contribution < 1.29 is 5.21 Å². The molecule has 0 fully saturated rings. The molecule has 11 heavy (non-hydrogen) atoms. The summed E-state index contributed by atoms with van der Waals surface area (Å²) < 4.78 is 0. The van der Waals surface area contributed by atoms with Crippen molar-refractivity contribution in [3.05, 3.63) is 23.3 Å². The Hall–Kier alpha value is -0.600. The van der Waals surface area contributed by atoms with E-state index in [0.717, 1.165) is 13.0 Å². The van der Waals surface area contributed by atoms with Crippen LogP contribution in [0.5, 0.6) is 0 Å². The van der Waals surface area contributed by atoms with Gasteiger partial charge in [0.2, 0.25) is 0 Å². The molecule has 0 atom stereocenters. The third kappa shape index (κ3) is 2.17. The highest BCUT2D eigenvalue weighted by molar-refractivity contribution is 5.27. The third-order valence-electron chi connectivity index (χ3n) is 2.01. The largest absolute Gasteiger partial charge is 0.314 e. The fraction of sp³-hybridized carbons (Fsp3) is 0.556. The number of hydrogen-bond acceptors (Lipinski definition) is 2. The highest BCUT2D eigenvalue weighted by Gasteiger charge is 2.11. The van der Waals surface area contributed by atoms with Crippen LogP contribution < -0.4 is 0 Å². The Kier molecular flexibility index (Phi) is 2.85. The van der Waals surface area contributed by atoms with Crippen LogP contribution in [0.3, 0.4) is 0 Å². The SMILES string of the molecule is C/C=C\C1=C(C)CCN(O)C1. The van der Waals surface area contributed by atoms with Crippen LogP contribution >= 0.6 is 0 Å². The zero-order valence-electron chi connectivity index (χ0n) is 7.17. The molecule has 0 unspecified atom stereocenters. The maximum absolute atomic E-state index is 9.19. The molecule has 0 aromatic rings. The van der Waals surface area contributed by atoms with E-state index in [9.17, 15) is 5.21 Å². The predicted molar refractivity (Wildman–Crippen MR) is 45.5 cm³/mol. The van der Waals surface area contributed by atoms with Crippen LogP contribution in [0.4, 0.5) is 0 Å². The molecule has 1 N–H and O–H groups in total. The average Bonchev–Trinajstić information content (AvgIpc) is 1.98. The molecule has 0 saturated heterocycles. The molecule has 1 rings (SSSR count). The first-order valence-corrected chi connectivity index (χ1v) is 3.99. The van der Waals surface area contributed by atoms with Gasteiger partial charge in [0, 0.05) is 13.1 Å². The number of allylic oxidation sites excluding steroid dienone is 1. The topological polar surface area (TPSA) is 23.5 Å². The van der Waals surface area contributed by atoms with Crippen molar-refractivity contribution in [2.24, 2.45) is 0 Å². The van der Waals surface area contributed by atoms with Crippen molar-refractivity contribution >= 4 is 0 Å². The lowest BCUT2D eigenvalue weighted by Crippen LogP contribution is -2.27. The van der Waals surface area contributed by atoms with Gasteiger partial charge in [-0.1, -0.05) is 17.7 Å². The van der Waals surface area contributed by atoms with E-state index in [2.05, 4.69) is 13.0 Å². The van der Waals surface area contributed by atoms with E-state index in [0.29, 0.717) is 6.54 Å². The highest BCUT2D eigenvalue weighted by atomic mass is 16.5. The molecule has 2 nitrogen and oxygen atoms in total. The maximum atomic E-state index is 9.19. The van der Waals surface area contributed by atoms with E-state index in [1.807, 2.05) is 13.0 Å². The summed E-state index contributed by atoms with van der Waals surface area (Å²) in [6.07, 6.45) is 5.06. The van der Waals surface area contributed by atoms with E-state index in [-0.39, 0.29) is 0 Å². The van der Waals surface area contributed by atoms with Gasteiger partial charge in [0.05, 0.1) is 0 Å². The monoisotopic (exact) mass is 153 g/mol. The van der Waals surface area contributed by atoms with Crippen LogP contribution in [0, 0.1) is 0 Å². The van der Waals surface area contributed by atoms with Crippen molar-refractivity contribution in [2.75, 3.05) is 13.1 Å². The molecule has 1 heterocycles. The smallest absolute Gasteiger partial charge is 0.0488 e. The number of rotatable bonds is 1. The van der Waals surface area contributed by atoms with Gasteiger partial charge in [-0.2, -0.15) is 5.06 Å². The first-order valence-electron chi connectivity index (χ1n) is 3.99. The normalized spacial score (nSPS) is 21.7. The highest BCUT2D eigenvalue weighted by Crippen LogP contribution is 2.16. The van der Waals surface area contributed by atoms with E-state index >= 15 is 0 Å². The maximum Gasteiger partial charge on any atom is 0.0488 e. The summed E-state index contributed by atoms with van der Waals surface area (Å²) in [7, 11) is 0. The second-order valence-electron chi connectivity index (χ2n) is 2.94. The minimum absolute atomic E-state index is 0.677. The van der Waals surface area contributed by atoms with E-state index in [1.54, 1.807) is 0 Å². The summed E-state index contributed by atoms with van der Waals surface area (Å²) in [5, 5.41) is 10.6. The molecule has 2 heteroatoms. The fourth-order valence-electron chi connectivity index (χ4n) is 1.26. The van der Waals surface area contributed by atoms with Gasteiger partial charge in [0.25, 0.3) is 0 Å².